The molecule has 2 amide bonds. The molecule has 1 aliphatic heterocycles. The number of Topliss-reactive ketones (excluding diaryl/α,β-unsaturated/α-hetero) is 1. The maximum atomic E-state index is 13.9. The number of amides is 2. The number of hydrogen-bond donors (Lipinski definition) is 2. The normalized spacial score (nSPS) is 16.6. The Bertz CT molecular complexity index is 1010. The van der Waals surface area contributed by atoms with Crippen LogP contribution in [0.3, 0.4) is 0 Å². The van der Waals surface area contributed by atoms with Crippen LogP contribution in [0.5, 0.6) is 0 Å². The summed E-state index contributed by atoms with van der Waals surface area (Å²) in [6.45, 7) is 9.37. The highest BCUT2D eigenvalue weighted by atomic mass is 16.7. The van der Waals surface area contributed by atoms with Crippen molar-refractivity contribution in [1.82, 2.24) is 15.7 Å². The molecule has 0 saturated carbocycles. The Morgan fingerprint density at radius 3 is 2.08 bits per heavy atom. The van der Waals surface area contributed by atoms with Crippen molar-refractivity contribution in [3.8, 4) is 0 Å². The second-order valence-electron chi connectivity index (χ2n) is 10.9. The highest BCUT2D eigenvalue weighted by Crippen LogP contribution is 2.30. The molecule has 2 atom stereocenters. The zero-order chi connectivity index (χ0) is 26.2. The van der Waals surface area contributed by atoms with Crippen LogP contribution in [0.15, 0.2) is 60.7 Å². The smallest absolute Gasteiger partial charge is 0.351 e. The SMILES string of the molecule is C[C@@H](NC(=O)C(=O)C(CCC(C)(C)C)(Cc1ccccc1)NC(=O)ON1CCCC1)c1ccccc1. The molecule has 0 aromatic heterocycles. The highest BCUT2D eigenvalue weighted by molar-refractivity contribution is 6.40. The first-order chi connectivity index (χ1) is 17.1. The van der Waals surface area contributed by atoms with Gasteiger partial charge in [0.05, 0.1) is 6.04 Å². The third-order valence-corrected chi connectivity index (χ3v) is 6.56. The van der Waals surface area contributed by atoms with Crippen LogP contribution in [0, 0.1) is 5.41 Å². The van der Waals surface area contributed by atoms with Gasteiger partial charge in [-0.25, -0.2) is 4.79 Å². The molecule has 3 rings (SSSR count). The predicted molar refractivity (Wildman–Crippen MR) is 140 cm³/mol. The molecule has 1 heterocycles. The molecule has 2 aromatic carbocycles. The molecule has 0 spiro atoms. The Hall–Kier alpha value is -3.19. The maximum absolute atomic E-state index is 13.9. The number of benzene rings is 2. The van der Waals surface area contributed by atoms with Gasteiger partial charge in [-0.1, -0.05) is 81.4 Å². The molecule has 194 valence electrons. The van der Waals surface area contributed by atoms with E-state index in [1.165, 1.54) is 0 Å². The van der Waals surface area contributed by atoms with Crippen LogP contribution < -0.4 is 10.6 Å². The van der Waals surface area contributed by atoms with Crippen LogP contribution in [0.25, 0.3) is 0 Å². The second kappa shape index (κ2) is 12.2. The lowest BCUT2D eigenvalue weighted by molar-refractivity contribution is -0.143. The summed E-state index contributed by atoms with van der Waals surface area (Å²) in [5.41, 5.74) is 0.177. The van der Waals surface area contributed by atoms with Crippen LogP contribution >= 0.6 is 0 Å². The van der Waals surface area contributed by atoms with Gasteiger partial charge in [0.25, 0.3) is 5.91 Å². The first kappa shape index (κ1) is 27.4. The van der Waals surface area contributed by atoms with Crippen molar-refractivity contribution in [1.29, 1.82) is 0 Å². The largest absolute Gasteiger partial charge is 0.427 e. The molecule has 2 aromatic rings. The fourth-order valence-electron chi connectivity index (χ4n) is 4.40. The number of ketones is 1. The van der Waals surface area contributed by atoms with Crippen LogP contribution in [-0.4, -0.2) is 41.5 Å². The zero-order valence-electron chi connectivity index (χ0n) is 21.9. The van der Waals surface area contributed by atoms with E-state index in [9.17, 15) is 14.4 Å². The molecule has 0 radical (unpaired) electrons. The zero-order valence-corrected chi connectivity index (χ0v) is 21.9. The van der Waals surface area contributed by atoms with Crippen molar-refractivity contribution in [2.75, 3.05) is 13.1 Å². The average Bonchev–Trinajstić information content (AvgIpc) is 3.35. The fraction of sp³-hybridized carbons (Fsp3) is 0.483. The molecule has 7 nitrogen and oxygen atoms in total. The monoisotopic (exact) mass is 493 g/mol. The van der Waals surface area contributed by atoms with E-state index < -0.39 is 23.3 Å². The molecule has 1 aliphatic rings. The molecule has 1 unspecified atom stereocenters. The number of hydrogen-bond acceptors (Lipinski definition) is 5. The van der Waals surface area contributed by atoms with Crippen LogP contribution in [0.1, 0.15) is 70.5 Å². The van der Waals surface area contributed by atoms with E-state index in [1.807, 2.05) is 67.6 Å². The third kappa shape index (κ3) is 7.92. The number of rotatable bonds is 10. The van der Waals surface area contributed by atoms with Crippen molar-refractivity contribution in [3.63, 3.8) is 0 Å². The van der Waals surface area contributed by atoms with Crippen molar-refractivity contribution in [3.05, 3.63) is 71.8 Å². The minimum Gasteiger partial charge on any atom is -0.351 e. The molecule has 2 N–H and O–H groups in total. The van der Waals surface area contributed by atoms with E-state index in [-0.39, 0.29) is 17.9 Å². The van der Waals surface area contributed by atoms with Gasteiger partial charge in [0.15, 0.2) is 0 Å². The van der Waals surface area contributed by atoms with Crippen molar-refractivity contribution in [2.45, 2.75) is 71.4 Å². The van der Waals surface area contributed by atoms with E-state index in [0.29, 0.717) is 25.9 Å². The molecule has 1 fully saturated rings. The first-order valence-corrected chi connectivity index (χ1v) is 12.8. The lowest BCUT2D eigenvalue weighted by atomic mass is 9.77. The molecule has 36 heavy (non-hydrogen) atoms. The Balaban J connectivity index is 1.90. The molecular formula is C29H39N3O4. The Kier molecular flexibility index (Phi) is 9.26. The van der Waals surface area contributed by atoms with E-state index >= 15 is 0 Å². The topological polar surface area (TPSA) is 87.7 Å². The van der Waals surface area contributed by atoms with Gasteiger partial charge >= 0.3 is 6.09 Å². The van der Waals surface area contributed by atoms with Crippen LogP contribution in [0.4, 0.5) is 4.79 Å². The minimum atomic E-state index is -1.45. The predicted octanol–water partition coefficient (Wildman–Crippen LogP) is 4.98. The summed E-state index contributed by atoms with van der Waals surface area (Å²) in [5, 5.41) is 7.30. The van der Waals surface area contributed by atoms with E-state index in [2.05, 4.69) is 31.4 Å². The Morgan fingerprint density at radius 1 is 0.917 bits per heavy atom. The summed E-state index contributed by atoms with van der Waals surface area (Å²) < 4.78 is 0. The molecule has 0 bridgehead atoms. The van der Waals surface area contributed by atoms with Gasteiger partial charge in [-0.2, -0.15) is 0 Å². The van der Waals surface area contributed by atoms with Gasteiger partial charge in [-0.05, 0) is 49.1 Å². The highest BCUT2D eigenvalue weighted by Gasteiger charge is 2.45. The van der Waals surface area contributed by atoms with Crippen LogP contribution in [-0.2, 0) is 20.8 Å². The summed E-state index contributed by atoms with van der Waals surface area (Å²) in [6, 6.07) is 18.6. The van der Waals surface area contributed by atoms with Gasteiger partial charge in [0, 0.05) is 19.5 Å². The number of hydroxylamine groups is 2. The summed E-state index contributed by atoms with van der Waals surface area (Å²) >= 11 is 0. The van der Waals surface area contributed by atoms with E-state index in [0.717, 1.165) is 24.0 Å². The van der Waals surface area contributed by atoms with E-state index in [4.69, 9.17) is 4.84 Å². The van der Waals surface area contributed by atoms with Crippen molar-refractivity contribution < 1.29 is 19.2 Å². The lowest BCUT2D eigenvalue weighted by Crippen LogP contribution is -2.61. The number of nitrogens with one attached hydrogen (secondary N) is 2. The standard InChI is InChI=1S/C29H39N3O4/c1-22(24-15-9-6-10-16-24)30-26(34)25(33)29(18-17-28(2,3)4,21-23-13-7-5-8-14-23)31-27(35)36-32-19-11-12-20-32/h5-10,13-16,22H,11-12,17-21H2,1-4H3,(H,30,34)(H,31,35)/t22-,29?/m1/s1. The number of carbonyl (C=O) groups is 3. The lowest BCUT2D eigenvalue weighted by Gasteiger charge is -2.35. The summed E-state index contributed by atoms with van der Waals surface area (Å²) in [7, 11) is 0. The quantitative estimate of drug-likeness (QED) is 0.456. The summed E-state index contributed by atoms with van der Waals surface area (Å²) in [4.78, 5) is 45.8. The third-order valence-electron chi connectivity index (χ3n) is 6.56. The van der Waals surface area contributed by atoms with Crippen molar-refractivity contribution >= 4 is 17.8 Å². The summed E-state index contributed by atoms with van der Waals surface area (Å²) in [5.74, 6) is -1.39. The van der Waals surface area contributed by atoms with E-state index in [1.54, 1.807) is 5.06 Å². The number of nitrogens with zero attached hydrogens (tertiary/aromatic N) is 1. The number of carbonyl (C=O) groups excluding carboxylic acids is 3. The van der Waals surface area contributed by atoms with Gasteiger partial charge in [0.1, 0.15) is 5.54 Å². The molecule has 1 saturated heterocycles. The second-order valence-corrected chi connectivity index (χ2v) is 10.9. The maximum Gasteiger partial charge on any atom is 0.427 e. The first-order valence-electron chi connectivity index (χ1n) is 12.8. The van der Waals surface area contributed by atoms with Gasteiger partial charge < -0.3 is 15.5 Å². The average molecular weight is 494 g/mol. The van der Waals surface area contributed by atoms with Crippen molar-refractivity contribution in [2.24, 2.45) is 5.41 Å². The minimum absolute atomic E-state index is 0.115. The Morgan fingerprint density at radius 2 is 1.50 bits per heavy atom. The van der Waals surface area contributed by atoms with Gasteiger partial charge in [-0.15, -0.1) is 5.06 Å². The Labute approximate surface area is 214 Å². The molecule has 0 aliphatic carbocycles. The van der Waals surface area contributed by atoms with Crippen LogP contribution in [0.2, 0.25) is 0 Å². The molecule has 7 heteroatoms. The van der Waals surface area contributed by atoms with Gasteiger partial charge in [0.2, 0.25) is 5.78 Å². The fourth-order valence-corrected chi connectivity index (χ4v) is 4.40. The van der Waals surface area contributed by atoms with Gasteiger partial charge in [-0.3, -0.25) is 9.59 Å². The summed E-state index contributed by atoms with van der Waals surface area (Å²) in [6.07, 6.45) is 2.30. The molecular weight excluding hydrogens is 454 g/mol.